The lowest BCUT2D eigenvalue weighted by atomic mass is 9.93. The minimum absolute atomic E-state index is 0.230. The fourth-order valence-electron chi connectivity index (χ4n) is 1.12. The minimum atomic E-state index is -0.892. The molecule has 0 spiro atoms. The summed E-state index contributed by atoms with van der Waals surface area (Å²) in [5.74, 6) is -1.22. The number of aliphatic carboxylic acids is 1. The maximum Gasteiger partial charge on any atom is 0.308 e. The normalized spacial score (nSPS) is 30.5. The van der Waals surface area contributed by atoms with Crippen LogP contribution in [0.1, 0.15) is 12.8 Å². The first-order chi connectivity index (χ1) is 5.52. The summed E-state index contributed by atoms with van der Waals surface area (Å²) in [5.41, 5.74) is 0. The minimum Gasteiger partial charge on any atom is -0.512 e. The van der Waals surface area contributed by atoms with E-state index in [1.165, 1.54) is 0 Å². The number of aliphatic hydroxyl groups is 1. The molecule has 0 aromatic heterocycles. The molecule has 0 radical (unpaired) electrons. The number of halogens is 2. The molecule has 0 bridgehead atoms. The largest absolute Gasteiger partial charge is 0.512 e. The highest BCUT2D eigenvalue weighted by Gasteiger charge is 2.32. The van der Waals surface area contributed by atoms with Crippen LogP contribution in [0.3, 0.4) is 0 Å². The molecule has 2 atom stereocenters. The average Bonchev–Trinajstić information content (AvgIpc) is 1.96. The first kappa shape index (κ1) is 10.1. The van der Waals surface area contributed by atoms with Crippen LogP contribution < -0.4 is 0 Å². The zero-order valence-corrected chi connectivity index (χ0v) is 9.04. The van der Waals surface area contributed by atoms with Gasteiger partial charge in [0.05, 0.1) is 11.3 Å². The zero-order valence-electron chi connectivity index (χ0n) is 6.13. The van der Waals surface area contributed by atoms with Crippen LogP contribution in [0.4, 0.5) is 0 Å². The third kappa shape index (κ3) is 2.04. The van der Waals surface area contributed by atoms with E-state index in [2.05, 4.69) is 0 Å². The molecule has 0 amide bonds. The predicted octanol–water partition coefficient (Wildman–Crippen LogP) is 2.29. The molecule has 12 heavy (non-hydrogen) atoms. The van der Waals surface area contributed by atoms with Crippen molar-refractivity contribution in [3.63, 3.8) is 0 Å². The number of hydrogen-bond donors (Lipinski definition) is 2. The van der Waals surface area contributed by atoms with Gasteiger partial charge in [0.1, 0.15) is 5.76 Å². The molecule has 5 heteroatoms. The average molecular weight is 302 g/mol. The van der Waals surface area contributed by atoms with E-state index in [1.807, 2.05) is 22.6 Å². The molecule has 0 aliphatic heterocycles. The second-order valence-corrected chi connectivity index (χ2v) is 4.58. The van der Waals surface area contributed by atoms with Crippen LogP contribution in [0.15, 0.2) is 9.34 Å². The Morgan fingerprint density at radius 3 is 2.67 bits per heavy atom. The lowest BCUT2D eigenvalue weighted by molar-refractivity contribution is -0.141. The summed E-state index contributed by atoms with van der Waals surface area (Å²) in [5, 5.41) is 17.5. The number of hydrogen-bond acceptors (Lipinski definition) is 2. The number of carbonyl (C=O) groups is 1. The van der Waals surface area contributed by atoms with Gasteiger partial charge in [0.25, 0.3) is 0 Å². The van der Waals surface area contributed by atoms with Gasteiger partial charge in [0.2, 0.25) is 0 Å². The van der Waals surface area contributed by atoms with Crippen molar-refractivity contribution in [2.24, 2.45) is 5.92 Å². The maximum absolute atomic E-state index is 10.6. The van der Waals surface area contributed by atoms with Crippen molar-refractivity contribution < 1.29 is 15.0 Å². The fraction of sp³-hybridized carbons (Fsp3) is 0.571. The predicted molar refractivity (Wildman–Crippen MR) is 53.7 cm³/mol. The molecule has 0 aromatic rings. The summed E-state index contributed by atoms with van der Waals surface area (Å²) in [4.78, 5) is 10.6. The van der Waals surface area contributed by atoms with Crippen LogP contribution in [0.25, 0.3) is 0 Å². The Morgan fingerprint density at radius 2 is 2.17 bits per heavy atom. The number of allylic oxidation sites excluding steroid dienone is 2. The van der Waals surface area contributed by atoms with Crippen molar-refractivity contribution in [1.82, 2.24) is 0 Å². The Labute approximate surface area is 88.5 Å². The summed E-state index contributed by atoms with van der Waals surface area (Å²) in [6, 6.07) is 0. The molecule has 1 aliphatic rings. The highest BCUT2D eigenvalue weighted by Crippen LogP contribution is 2.35. The summed E-state index contributed by atoms with van der Waals surface area (Å²) in [6.45, 7) is 0. The number of rotatable bonds is 1. The van der Waals surface area contributed by atoms with Crippen LogP contribution in [0.5, 0.6) is 0 Å². The van der Waals surface area contributed by atoms with Crippen molar-refractivity contribution in [3.8, 4) is 0 Å². The van der Waals surface area contributed by atoms with Crippen LogP contribution in [0.2, 0.25) is 0 Å². The summed E-state index contributed by atoms with van der Waals surface area (Å²) >= 11 is 7.71. The molecule has 1 aliphatic carbocycles. The molecule has 0 heterocycles. The van der Waals surface area contributed by atoms with Gasteiger partial charge < -0.3 is 10.2 Å². The molecule has 1 rings (SSSR count). The van der Waals surface area contributed by atoms with E-state index in [-0.39, 0.29) is 12.2 Å². The first-order valence-electron chi connectivity index (χ1n) is 3.45. The third-order valence-corrected chi connectivity index (χ3v) is 3.38. The van der Waals surface area contributed by atoms with Crippen molar-refractivity contribution in [1.29, 1.82) is 0 Å². The molecule has 68 valence electrons. The number of carboxylic acid groups (broad SMARTS) is 1. The Morgan fingerprint density at radius 1 is 1.58 bits per heavy atom. The number of carboxylic acids is 1. The lowest BCUT2D eigenvalue weighted by Crippen LogP contribution is -2.28. The molecule has 0 fully saturated rings. The summed E-state index contributed by atoms with van der Waals surface area (Å²) in [7, 11) is 0. The van der Waals surface area contributed by atoms with Gasteiger partial charge in [0, 0.05) is 10.0 Å². The van der Waals surface area contributed by atoms with Gasteiger partial charge in [-0.25, -0.2) is 0 Å². The quantitative estimate of drug-likeness (QED) is 0.577. The highest BCUT2D eigenvalue weighted by atomic mass is 127. The molecule has 0 saturated carbocycles. The van der Waals surface area contributed by atoms with E-state index in [1.54, 1.807) is 0 Å². The van der Waals surface area contributed by atoms with Gasteiger partial charge in [-0.1, -0.05) is 0 Å². The van der Waals surface area contributed by atoms with Gasteiger partial charge in [0.15, 0.2) is 0 Å². The lowest BCUT2D eigenvalue weighted by Gasteiger charge is -2.23. The molecular weight excluding hydrogens is 294 g/mol. The van der Waals surface area contributed by atoms with E-state index in [9.17, 15) is 9.90 Å². The van der Waals surface area contributed by atoms with E-state index in [4.69, 9.17) is 16.7 Å². The SMILES string of the molecule is O=C(O)C1CC(I)=C(O)CC1Cl. The molecule has 2 N–H and O–H groups in total. The molecule has 3 nitrogen and oxygen atoms in total. The molecule has 2 unspecified atom stereocenters. The van der Waals surface area contributed by atoms with E-state index >= 15 is 0 Å². The highest BCUT2D eigenvalue weighted by molar-refractivity contribution is 14.1. The zero-order chi connectivity index (χ0) is 9.30. The van der Waals surface area contributed by atoms with Crippen LogP contribution >= 0.6 is 34.2 Å². The van der Waals surface area contributed by atoms with Gasteiger partial charge in [-0.15, -0.1) is 11.6 Å². The van der Waals surface area contributed by atoms with E-state index < -0.39 is 17.3 Å². The van der Waals surface area contributed by atoms with Crippen LogP contribution in [-0.4, -0.2) is 21.6 Å². The molecule has 0 saturated heterocycles. The Hall–Kier alpha value is 0.0300. The number of aliphatic hydroxyl groups excluding tert-OH is 1. The summed E-state index contributed by atoms with van der Waals surface area (Å²) in [6.07, 6.45) is 0.604. The second-order valence-electron chi connectivity index (χ2n) is 2.72. The van der Waals surface area contributed by atoms with Gasteiger partial charge >= 0.3 is 5.97 Å². The Bertz CT molecular complexity index is 239. The third-order valence-electron chi connectivity index (χ3n) is 1.85. The number of alkyl halides is 1. The van der Waals surface area contributed by atoms with Crippen molar-refractivity contribution in [2.75, 3.05) is 0 Å². The Kier molecular flexibility index (Phi) is 3.22. The molecule has 0 aromatic carbocycles. The van der Waals surface area contributed by atoms with E-state index in [0.29, 0.717) is 10.0 Å². The van der Waals surface area contributed by atoms with Crippen molar-refractivity contribution in [3.05, 3.63) is 9.34 Å². The van der Waals surface area contributed by atoms with Crippen molar-refractivity contribution in [2.45, 2.75) is 18.2 Å². The topological polar surface area (TPSA) is 57.5 Å². The fourth-order valence-corrected chi connectivity index (χ4v) is 2.16. The van der Waals surface area contributed by atoms with Gasteiger partial charge in [-0.2, -0.15) is 0 Å². The van der Waals surface area contributed by atoms with Crippen LogP contribution in [-0.2, 0) is 4.79 Å². The molecular formula is C7H8ClIO3. The maximum atomic E-state index is 10.6. The van der Waals surface area contributed by atoms with Gasteiger partial charge in [-0.05, 0) is 29.0 Å². The Balaban J connectivity index is 2.79. The monoisotopic (exact) mass is 302 g/mol. The first-order valence-corrected chi connectivity index (χ1v) is 4.97. The van der Waals surface area contributed by atoms with Gasteiger partial charge in [-0.3, -0.25) is 4.79 Å². The van der Waals surface area contributed by atoms with E-state index in [0.717, 1.165) is 0 Å². The summed E-state index contributed by atoms with van der Waals surface area (Å²) < 4.78 is 0.705. The smallest absolute Gasteiger partial charge is 0.308 e. The standard InChI is InChI=1S/C7H8ClIO3/c8-4-2-6(10)5(9)1-3(4)7(11)12/h3-4,10H,1-2H2,(H,11,12). The second kappa shape index (κ2) is 3.83. The van der Waals surface area contributed by atoms with Crippen LogP contribution in [0, 0.1) is 5.92 Å². The van der Waals surface area contributed by atoms with Crippen molar-refractivity contribution >= 4 is 40.2 Å².